The third-order valence-electron chi connectivity index (χ3n) is 5.27. The maximum absolute atomic E-state index is 9.65. The van der Waals surface area contributed by atoms with Crippen LogP contribution in [0.4, 0.5) is 0 Å². The smallest absolute Gasteiger partial charge is 0.115 e. The third-order valence-corrected chi connectivity index (χ3v) is 5.27. The second kappa shape index (κ2) is 4.50. The van der Waals surface area contributed by atoms with E-state index in [0.29, 0.717) is 17.8 Å². The van der Waals surface area contributed by atoms with Gasteiger partial charge in [0.1, 0.15) is 5.75 Å². The summed E-state index contributed by atoms with van der Waals surface area (Å²) in [5, 5.41) is 13.4. The fourth-order valence-electron chi connectivity index (χ4n) is 4.30. The molecule has 4 rings (SSSR count). The van der Waals surface area contributed by atoms with Gasteiger partial charge in [0.15, 0.2) is 0 Å². The Bertz CT molecular complexity index is 488. The number of rotatable bonds is 0. The molecule has 2 saturated heterocycles. The van der Waals surface area contributed by atoms with Gasteiger partial charge in [-0.15, -0.1) is 0 Å². The molecule has 1 aromatic rings. The van der Waals surface area contributed by atoms with Crippen molar-refractivity contribution in [3.05, 3.63) is 29.3 Å². The van der Waals surface area contributed by atoms with Crippen molar-refractivity contribution < 1.29 is 5.11 Å². The summed E-state index contributed by atoms with van der Waals surface area (Å²) in [6.07, 6.45) is 5.06. The first-order valence-corrected chi connectivity index (χ1v) is 7.60. The Morgan fingerprint density at radius 2 is 2.26 bits per heavy atom. The molecule has 3 atom stereocenters. The van der Waals surface area contributed by atoms with E-state index in [1.54, 1.807) is 0 Å². The first-order chi connectivity index (χ1) is 9.31. The van der Waals surface area contributed by atoms with Crippen molar-refractivity contribution in [2.24, 2.45) is 5.92 Å². The molecule has 102 valence electrons. The standard InChI is InChI=1S/C16H22N2O/c19-13-3-4-14-11(8-13)5-7-18-10-12-2-1-6-17-15(12)9-16(14)18/h3-4,8,12,15-17,19H,1-2,5-7,9-10H2/t12-,15+,16+/m0/s1. The molecule has 3 aliphatic rings. The fraction of sp³-hybridized carbons (Fsp3) is 0.625. The average molecular weight is 258 g/mol. The molecule has 3 heteroatoms. The number of aromatic hydroxyl groups is 1. The summed E-state index contributed by atoms with van der Waals surface area (Å²) in [6, 6.07) is 7.23. The minimum atomic E-state index is 0.414. The first-order valence-electron chi connectivity index (χ1n) is 7.60. The van der Waals surface area contributed by atoms with Gasteiger partial charge in [-0.2, -0.15) is 0 Å². The summed E-state index contributed by atoms with van der Waals surface area (Å²) in [6.45, 7) is 3.60. The number of phenolic OH excluding ortho intramolecular Hbond substituents is 1. The van der Waals surface area contributed by atoms with Crippen molar-refractivity contribution in [3.63, 3.8) is 0 Å². The van der Waals surface area contributed by atoms with E-state index in [1.165, 1.54) is 43.5 Å². The lowest BCUT2D eigenvalue weighted by atomic mass is 9.77. The normalized spacial score (nSPS) is 34.2. The van der Waals surface area contributed by atoms with Gasteiger partial charge in [-0.3, -0.25) is 4.90 Å². The molecule has 3 heterocycles. The number of benzene rings is 1. The van der Waals surface area contributed by atoms with E-state index in [1.807, 2.05) is 12.1 Å². The van der Waals surface area contributed by atoms with Crippen LogP contribution in [0.3, 0.4) is 0 Å². The Morgan fingerprint density at radius 1 is 1.32 bits per heavy atom. The highest BCUT2D eigenvalue weighted by Crippen LogP contribution is 2.41. The van der Waals surface area contributed by atoms with Gasteiger partial charge in [0.05, 0.1) is 0 Å². The molecule has 0 saturated carbocycles. The maximum atomic E-state index is 9.65. The van der Waals surface area contributed by atoms with Crippen LogP contribution in [-0.2, 0) is 6.42 Å². The molecule has 1 aromatic carbocycles. The number of piperidine rings is 2. The third kappa shape index (κ3) is 1.96. The Balaban J connectivity index is 1.65. The van der Waals surface area contributed by atoms with E-state index in [0.717, 1.165) is 18.9 Å². The van der Waals surface area contributed by atoms with Crippen LogP contribution in [0.5, 0.6) is 5.75 Å². The SMILES string of the molecule is Oc1ccc2c(c1)CCN1C[C@@H]3CCCN[C@@H]3C[C@H]21. The van der Waals surface area contributed by atoms with E-state index >= 15 is 0 Å². The summed E-state index contributed by atoms with van der Waals surface area (Å²) in [5.74, 6) is 1.26. The van der Waals surface area contributed by atoms with Crippen molar-refractivity contribution in [1.82, 2.24) is 10.2 Å². The molecule has 0 aromatic heterocycles. The highest BCUT2D eigenvalue weighted by molar-refractivity contribution is 5.39. The van der Waals surface area contributed by atoms with Crippen molar-refractivity contribution in [3.8, 4) is 5.75 Å². The average Bonchev–Trinajstić information content (AvgIpc) is 2.44. The first kappa shape index (κ1) is 11.7. The van der Waals surface area contributed by atoms with Crippen LogP contribution in [-0.4, -0.2) is 35.7 Å². The molecule has 0 aliphatic carbocycles. The minimum Gasteiger partial charge on any atom is -0.508 e. The van der Waals surface area contributed by atoms with Crippen molar-refractivity contribution in [2.45, 2.75) is 37.8 Å². The van der Waals surface area contributed by atoms with Crippen LogP contribution < -0.4 is 5.32 Å². The van der Waals surface area contributed by atoms with E-state index in [4.69, 9.17) is 0 Å². The largest absolute Gasteiger partial charge is 0.508 e. The predicted molar refractivity (Wildman–Crippen MR) is 75.3 cm³/mol. The summed E-state index contributed by atoms with van der Waals surface area (Å²) in [7, 11) is 0. The van der Waals surface area contributed by atoms with Crippen LogP contribution in [0.15, 0.2) is 18.2 Å². The zero-order chi connectivity index (χ0) is 12.8. The van der Waals surface area contributed by atoms with Gasteiger partial charge in [-0.25, -0.2) is 0 Å². The van der Waals surface area contributed by atoms with Crippen LogP contribution >= 0.6 is 0 Å². The van der Waals surface area contributed by atoms with Crippen molar-refractivity contribution in [2.75, 3.05) is 19.6 Å². The predicted octanol–water partition coefficient (Wildman–Crippen LogP) is 2.06. The molecular formula is C16H22N2O. The van der Waals surface area contributed by atoms with Crippen molar-refractivity contribution >= 4 is 0 Å². The van der Waals surface area contributed by atoms with E-state index < -0.39 is 0 Å². The number of nitrogens with one attached hydrogen (secondary N) is 1. The Morgan fingerprint density at radius 3 is 3.21 bits per heavy atom. The monoisotopic (exact) mass is 258 g/mol. The van der Waals surface area contributed by atoms with Crippen LogP contribution in [0.25, 0.3) is 0 Å². The van der Waals surface area contributed by atoms with E-state index in [9.17, 15) is 5.11 Å². The minimum absolute atomic E-state index is 0.414. The molecule has 0 bridgehead atoms. The van der Waals surface area contributed by atoms with Crippen LogP contribution in [0, 0.1) is 5.92 Å². The zero-order valence-corrected chi connectivity index (χ0v) is 11.3. The number of hydrogen-bond acceptors (Lipinski definition) is 3. The molecule has 3 nitrogen and oxygen atoms in total. The molecule has 0 spiro atoms. The molecular weight excluding hydrogens is 236 g/mol. The molecule has 19 heavy (non-hydrogen) atoms. The Kier molecular flexibility index (Phi) is 2.78. The fourth-order valence-corrected chi connectivity index (χ4v) is 4.30. The number of nitrogens with zero attached hydrogens (tertiary/aromatic N) is 1. The zero-order valence-electron chi connectivity index (χ0n) is 11.3. The Labute approximate surface area is 114 Å². The molecule has 0 amide bonds. The van der Waals surface area contributed by atoms with Crippen molar-refractivity contribution in [1.29, 1.82) is 0 Å². The Hall–Kier alpha value is -1.06. The van der Waals surface area contributed by atoms with E-state index in [-0.39, 0.29) is 0 Å². The second-order valence-corrected chi connectivity index (χ2v) is 6.34. The summed E-state index contributed by atoms with van der Waals surface area (Å²) >= 11 is 0. The van der Waals surface area contributed by atoms with Crippen LogP contribution in [0.2, 0.25) is 0 Å². The lowest BCUT2D eigenvalue weighted by Crippen LogP contribution is -2.54. The number of phenols is 1. The highest BCUT2D eigenvalue weighted by Gasteiger charge is 2.39. The van der Waals surface area contributed by atoms with Gasteiger partial charge in [-0.1, -0.05) is 6.07 Å². The topological polar surface area (TPSA) is 35.5 Å². The summed E-state index contributed by atoms with van der Waals surface area (Å²) in [5.41, 5.74) is 2.81. The summed E-state index contributed by atoms with van der Waals surface area (Å²) in [4.78, 5) is 2.67. The maximum Gasteiger partial charge on any atom is 0.115 e. The molecule has 0 radical (unpaired) electrons. The number of fused-ring (bicyclic) bond motifs is 4. The van der Waals surface area contributed by atoms with Gasteiger partial charge in [0, 0.05) is 25.2 Å². The van der Waals surface area contributed by atoms with Gasteiger partial charge in [0.25, 0.3) is 0 Å². The summed E-state index contributed by atoms with van der Waals surface area (Å²) < 4.78 is 0. The van der Waals surface area contributed by atoms with Gasteiger partial charge >= 0.3 is 0 Å². The van der Waals surface area contributed by atoms with Crippen LogP contribution in [0.1, 0.15) is 36.4 Å². The van der Waals surface area contributed by atoms with Gasteiger partial charge < -0.3 is 10.4 Å². The highest BCUT2D eigenvalue weighted by atomic mass is 16.3. The van der Waals surface area contributed by atoms with Gasteiger partial charge in [-0.05, 0) is 61.4 Å². The lowest BCUT2D eigenvalue weighted by Gasteiger charge is -2.49. The lowest BCUT2D eigenvalue weighted by molar-refractivity contribution is 0.0552. The molecule has 0 unspecified atom stereocenters. The molecule has 2 fully saturated rings. The molecule has 3 aliphatic heterocycles. The quantitative estimate of drug-likeness (QED) is 0.748. The van der Waals surface area contributed by atoms with Gasteiger partial charge in [0.2, 0.25) is 0 Å². The molecule has 2 N–H and O–H groups in total. The second-order valence-electron chi connectivity index (χ2n) is 6.34. The van der Waals surface area contributed by atoms with E-state index in [2.05, 4.69) is 16.3 Å². The number of hydrogen-bond donors (Lipinski definition) is 2.